The van der Waals surface area contributed by atoms with Gasteiger partial charge in [-0.1, -0.05) is 12.1 Å². The van der Waals surface area contributed by atoms with Crippen LogP contribution in [0.25, 0.3) is 0 Å². The number of nitrogens with one attached hydrogen (secondary N) is 2. The van der Waals surface area contributed by atoms with Gasteiger partial charge in [-0.15, -0.1) is 0 Å². The van der Waals surface area contributed by atoms with E-state index in [9.17, 15) is 14.4 Å². The highest BCUT2D eigenvalue weighted by molar-refractivity contribution is 6.00. The van der Waals surface area contributed by atoms with Gasteiger partial charge in [0.15, 0.2) is 23.7 Å². The molecule has 0 fully saturated rings. The maximum Gasteiger partial charge on any atom is 0.310 e. The molecule has 2 heterocycles. The van der Waals surface area contributed by atoms with Crippen LogP contribution in [0.1, 0.15) is 13.3 Å². The first kappa shape index (κ1) is 18.6. The Hall–Kier alpha value is -3.75. The Kier molecular flexibility index (Phi) is 4.94. The molecule has 150 valence electrons. The zero-order valence-electron chi connectivity index (χ0n) is 15.5. The van der Waals surface area contributed by atoms with E-state index in [1.54, 1.807) is 42.5 Å². The molecule has 0 saturated heterocycles. The van der Waals surface area contributed by atoms with Crippen molar-refractivity contribution in [2.24, 2.45) is 0 Å². The highest BCUT2D eigenvalue weighted by Crippen LogP contribution is 2.34. The molecule has 0 radical (unpaired) electrons. The fourth-order valence-corrected chi connectivity index (χ4v) is 2.90. The molecule has 2 aromatic rings. The normalized spacial score (nSPS) is 17.4. The number of para-hydroxylation sites is 2. The van der Waals surface area contributed by atoms with Gasteiger partial charge in [0.2, 0.25) is 6.79 Å². The van der Waals surface area contributed by atoms with Gasteiger partial charge in [0.25, 0.3) is 11.8 Å². The molecule has 9 nitrogen and oxygen atoms in total. The van der Waals surface area contributed by atoms with Crippen LogP contribution in [-0.4, -0.2) is 36.8 Å². The predicted octanol–water partition coefficient (Wildman–Crippen LogP) is 2.08. The van der Waals surface area contributed by atoms with Crippen LogP contribution in [-0.2, 0) is 19.1 Å². The Morgan fingerprint density at radius 1 is 1.17 bits per heavy atom. The van der Waals surface area contributed by atoms with Crippen LogP contribution in [0.5, 0.6) is 17.2 Å². The van der Waals surface area contributed by atoms with Crippen LogP contribution in [0, 0.1) is 0 Å². The molecule has 2 atom stereocenters. The lowest BCUT2D eigenvalue weighted by Crippen LogP contribution is -2.40. The Labute approximate surface area is 165 Å². The lowest BCUT2D eigenvalue weighted by Gasteiger charge is -2.25. The van der Waals surface area contributed by atoms with Gasteiger partial charge in [-0.25, -0.2) is 0 Å². The van der Waals surface area contributed by atoms with Crippen molar-refractivity contribution in [3.63, 3.8) is 0 Å². The number of rotatable bonds is 5. The van der Waals surface area contributed by atoms with Gasteiger partial charge in [-0.05, 0) is 31.2 Å². The summed E-state index contributed by atoms with van der Waals surface area (Å²) in [6.45, 7) is 1.57. The van der Waals surface area contributed by atoms with Crippen molar-refractivity contribution in [1.29, 1.82) is 0 Å². The van der Waals surface area contributed by atoms with E-state index in [1.165, 1.54) is 6.92 Å². The molecule has 2 aromatic carbocycles. The summed E-state index contributed by atoms with van der Waals surface area (Å²) < 4.78 is 21.2. The molecule has 9 heteroatoms. The Balaban J connectivity index is 1.31. The Morgan fingerprint density at radius 3 is 2.83 bits per heavy atom. The smallest absolute Gasteiger partial charge is 0.310 e. The molecule has 2 aliphatic rings. The molecule has 29 heavy (non-hydrogen) atoms. The minimum Gasteiger partial charge on any atom is -0.478 e. The number of ether oxygens (including phenoxy) is 4. The molecule has 0 aliphatic carbocycles. The van der Waals surface area contributed by atoms with E-state index in [0.717, 1.165) is 0 Å². The van der Waals surface area contributed by atoms with E-state index in [4.69, 9.17) is 18.9 Å². The maximum atomic E-state index is 12.3. The van der Waals surface area contributed by atoms with Crippen LogP contribution in [0.3, 0.4) is 0 Å². The quantitative estimate of drug-likeness (QED) is 0.742. The highest BCUT2D eigenvalue weighted by atomic mass is 16.7. The van der Waals surface area contributed by atoms with Gasteiger partial charge in [-0.2, -0.15) is 0 Å². The first-order valence-electron chi connectivity index (χ1n) is 8.96. The van der Waals surface area contributed by atoms with Crippen LogP contribution < -0.4 is 24.8 Å². The lowest BCUT2D eigenvalue weighted by molar-refractivity contribution is -0.155. The molecule has 0 saturated carbocycles. The Bertz CT molecular complexity index is 975. The van der Waals surface area contributed by atoms with Crippen LogP contribution in [0.15, 0.2) is 42.5 Å². The van der Waals surface area contributed by atoms with Gasteiger partial charge in [0.1, 0.15) is 5.75 Å². The molecule has 2 aliphatic heterocycles. The Morgan fingerprint density at radius 2 is 1.97 bits per heavy atom. The third-order valence-electron chi connectivity index (χ3n) is 4.38. The average molecular weight is 398 g/mol. The molecule has 0 spiro atoms. The lowest BCUT2D eigenvalue weighted by atomic mass is 10.1. The van der Waals surface area contributed by atoms with Gasteiger partial charge in [0.05, 0.1) is 12.1 Å². The van der Waals surface area contributed by atoms with Gasteiger partial charge < -0.3 is 29.6 Å². The first-order chi connectivity index (χ1) is 14.0. The average Bonchev–Trinajstić information content (AvgIpc) is 3.16. The molecular weight excluding hydrogens is 380 g/mol. The third kappa shape index (κ3) is 4.08. The second kappa shape index (κ2) is 7.70. The topological polar surface area (TPSA) is 112 Å². The zero-order chi connectivity index (χ0) is 20.4. The third-order valence-corrected chi connectivity index (χ3v) is 4.38. The predicted molar refractivity (Wildman–Crippen MR) is 101 cm³/mol. The minimum absolute atomic E-state index is 0.127. The van der Waals surface area contributed by atoms with Crippen LogP contribution in [0.4, 0.5) is 11.4 Å². The van der Waals surface area contributed by atoms with Crippen molar-refractivity contribution in [3.05, 3.63) is 42.5 Å². The van der Waals surface area contributed by atoms with Crippen LogP contribution in [0.2, 0.25) is 0 Å². The zero-order valence-corrected chi connectivity index (χ0v) is 15.5. The number of amides is 2. The van der Waals surface area contributed by atoms with Crippen molar-refractivity contribution in [3.8, 4) is 17.2 Å². The van der Waals surface area contributed by atoms with E-state index in [1.807, 2.05) is 0 Å². The summed E-state index contributed by atoms with van der Waals surface area (Å²) in [6.07, 6.45) is -2.41. The van der Waals surface area contributed by atoms with Gasteiger partial charge in [0, 0.05) is 11.8 Å². The van der Waals surface area contributed by atoms with Crippen molar-refractivity contribution in [2.75, 3.05) is 17.4 Å². The van der Waals surface area contributed by atoms with E-state index in [0.29, 0.717) is 28.6 Å². The van der Waals surface area contributed by atoms with E-state index < -0.39 is 30.0 Å². The van der Waals surface area contributed by atoms with Crippen molar-refractivity contribution >= 4 is 29.2 Å². The number of anilines is 2. The fraction of sp³-hybridized carbons (Fsp3) is 0.250. The molecule has 2 N–H and O–H groups in total. The number of esters is 1. The van der Waals surface area contributed by atoms with E-state index in [-0.39, 0.29) is 13.2 Å². The van der Waals surface area contributed by atoms with E-state index in [2.05, 4.69) is 10.6 Å². The number of hydrogen-bond donors (Lipinski definition) is 2. The number of hydrogen-bond acceptors (Lipinski definition) is 7. The van der Waals surface area contributed by atoms with Crippen molar-refractivity contribution < 1.29 is 33.3 Å². The largest absolute Gasteiger partial charge is 0.478 e. The first-order valence-corrected chi connectivity index (χ1v) is 8.96. The summed E-state index contributed by atoms with van der Waals surface area (Å²) in [6, 6.07) is 11.8. The van der Waals surface area contributed by atoms with Crippen molar-refractivity contribution in [2.45, 2.75) is 25.6 Å². The highest BCUT2D eigenvalue weighted by Gasteiger charge is 2.31. The number of benzene rings is 2. The second-order valence-corrected chi connectivity index (χ2v) is 6.49. The summed E-state index contributed by atoms with van der Waals surface area (Å²) in [5, 5.41) is 5.31. The molecule has 2 unspecified atom stereocenters. The summed E-state index contributed by atoms with van der Waals surface area (Å²) in [5.74, 6) is -0.103. The van der Waals surface area contributed by atoms with Crippen LogP contribution >= 0.6 is 0 Å². The summed E-state index contributed by atoms with van der Waals surface area (Å²) in [4.78, 5) is 36.6. The number of carbonyl (C=O) groups excluding carboxylic acids is 3. The fourth-order valence-electron chi connectivity index (χ4n) is 2.90. The van der Waals surface area contributed by atoms with Gasteiger partial charge in [-0.3, -0.25) is 14.4 Å². The summed E-state index contributed by atoms with van der Waals surface area (Å²) >= 11 is 0. The monoisotopic (exact) mass is 398 g/mol. The van der Waals surface area contributed by atoms with Crippen molar-refractivity contribution in [1.82, 2.24) is 0 Å². The molecule has 0 aromatic heterocycles. The molecular formula is C20H18N2O7. The molecule has 2 amide bonds. The maximum absolute atomic E-state index is 12.3. The number of carbonyl (C=O) groups is 3. The molecule has 0 bridgehead atoms. The SMILES string of the molecule is CC(OC(=O)CC1Oc2ccccc2NC1=O)C(=O)Nc1ccc2c(c1)OCO2. The van der Waals surface area contributed by atoms with Gasteiger partial charge >= 0.3 is 5.97 Å². The second-order valence-electron chi connectivity index (χ2n) is 6.49. The standard InChI is InChI=1S/C20H18N2O7/c1-11(19(24)21-12-6-7-15-16(8-12)27-10-26-15)28-18(23)9-17-20(25)22-13-4-2-3-5-14(13)29-17/h2-8,11,17H,9-10H2,1H3,(H,21,24)(H,22,25). The summed E-state index contributed by atoms with van der Waals surface area (Å²) in [7, 11) is 0. The summed E-state index contributed by atoms with van der Waals surface area (Å²) in [5.41, 5.74) is 1.02. The molecule has 4 rings (SSSR count). The minimum atomic E-state index is -1.06. The van der Waals surface area contributed by atoms with E-state index >= 15 is 0 Å². The number of fused-ring (bicyclic) bond motifs is 2.